The molecule has 2 aromatic carbocycles. The lowest BCUT2D eigenvalue weighted by Crippen LogP contribution is -2.40. The van der Waals surface area contributed by atoms with Crippen molar-refractivity contribution in [2.45, 2.75) is 18.0 Å². The number of hydrogen-bond donors (Lipinski definition) is 1. The summed E-state index contributed by atoms with van der Waals surface area (Å²) in [5, 5.41) is 3.02. The molecule has 29 heavy (non-hydrogen) atoms. The Bertz CT molecular complexity index is 1050. The van der Waals surface area contributed by atoms with E-state index in [-0.39, 0.29) is 18.0 Å². The number of sulfonamides is 1. The van der Waals surface area contributed by atoms with E-state index in [4.69, 9.17) is 16.0 Å². The van der Waals surface area contributed by atoms with Crippen LogP contribution in [-0.2, 0) is 27.9 Å². The molecule has 1 N–H and O–H groups in total. The molecular formula is C20H18ClFN2O4S. The molecule has 0 aliphatic rings. The first-order valence-corrected chi connectivity index (χ1v) is 10.5. The van der Waals surface area contributed by atoms with E-state index in [1.807, 2.05) is 0 Å². The molecule has 0 fully saturated rings. The SMILES string of the molecule is O=C(CN(Cc1ccc(F)cc1)S(=O)(=O)c1ccc(Cl)cc1)NCc1ccco1. The van der Waals surface area contributed by atoms with Crippen LogP contribution in [-0.4, -0.2) is 25.2 Å². The van der Waals surface area contributed by atoms with Crippen LogP contribution in [0, 0.1) is 5.82 Å². The van der Waals surface area contributed by atoms with Crippen LogP contribution >= 0.6 is 11.6 Å². The fraction of sp³-hybridized carbons (Fsp3) is 0.150. The molecule has 0 aliphatic heterocycles. The lowest BCUT2D eigenvalue weighted by molar-refractivity contribution is -0.121. The normalized spacial score (nSPS) is 11.6. The second-order valence-corrected chi connectivity index (χ2v) is 8.58. The third-order valence-corrected chi connectivity index (χ3v) is 6.14. The summed E-state index contributed by atoms with van der Waals surface area (Å²) in [6.07, 6.45) is 1.48. The molecule has 1 heterocycles. The number of rotatable bonds is 8. The molecular weight excluding hydrogens is 419 g/mol. The van der Waals surface area contributed by atoms with Gasteiger partial charge in [-0.25, -0.2) is 12.8 Å². The Morgan fingerprint density at radius 3 is 2.38 bits per heavy atom. The number of carbonyl (C=O) groups is 1. The highest BCUT2D eigenvalue weighted by atomic mass is 35.5. The van der Waals surface area contributed by atoms with Gasteiger partial charge in [0.25, 0.3) is 0 Å². The van der Waals surface area contributed by atoms with Gasteiger partial charge in [0.2, 0.25) is 15.9 Å². The number of nitrogens with one attached hydrogen (secondary N) is 1. The Balaban J connectivity index is 1.81. The number of amides is 1. The maximum Gasteiger partial charge on any atom is 0.243 e. The fourth-order valence-corrected chi connectivity index (χ4v) is 4.10. The minimum absolute atomic E-state index is 0.00264. The Kier molecular flexibility index (Phi) is 6.68. The summed E-state index contributed by atoms with van der Waals surface area (Å²) in [5.74, 6) is -0.387. The zero-order chi connectivity index (χ0) is 20.9. The Morgan fingerprint density at radius 2 is 1.76 bits per heavy atom. The van der Waals surface area contributed by atoms with Crippen LogP contribution in [0.5, 0.6) is 0 Å². The molecule has 152 valence electrons. The summed E-state index contributed by atoms with van der Waals surface area (Å²) < 4.78 is 45.6. The molecule has 0 aliphatic carbocycles. The summed E-state index contributed by atoms with van der Waals surface area (Å²) in [5.41, 5.74) is 0.544. The lowest BCUT2D eigenvalue weighted by Gasteiger charge is -2.22. The Morgan fingerprint density at radius 1 is 1.07 bits per heavy atom. The smallest absolute Gasteiger partial charge is 0.243 e. The molecule has 0 saturated heterocycles. The van der Waals surface area contributed by atoms with E-state index >= 15 is 0 Å². The summed E-state index contributed by atoms with van der Waals surface area (Å²) in [6, 6.07) is 14.5. The number of halogens is 2. The van der Waals surface area contributed by atoms with E-state index in [1.165, 1.54) is 54.8 Å². The van der Waals surface area contributed by atoms with E-state index in [0.29, 0.717) is 16.3 Å². The monoisotopic (exact) mass is 436 g/mol. The molecule has 1 aromatic heterocycles. The standard InChI is InChI=1S/C20H18ClFN2O4S/c21-16-5-9-19(10-6-16)29(26,27)24(13-15-3-7-17(22)8-4-15)14-20(25)23-12-18-2-1-11-28-18/h1-11H,12-14H2,(H,23,25). The van der Waals surface area contributed by atoms with Crippen LogP contribution < -0.4 is 5.32 Å². The highest BCUT2D eigenvalue weighted by molar-refractivity contribution is 7.89. The molecule has 0 atom stereocenters. The van der Waals surface area contributed by atoms with Crippen LogP contribution in [0.25, 0.3) is 0 Å². The minimum Gasteiger partial charge on any atom is -0.467 e. The van der Waals surface area contributed by atoms with Gasteiger partial charge in [-0.15, -0.1) is 0 Å². The first kappa shape index (κ1) is 21.0. The molecule has 3 rings (SSSR count). The second-order valence-electron chi connectivity index (χ2n) is 6.21. The van der Waals surface area contributed by atoms with Gasteiger partial charge in [-0.05, 0) is 54.1 Å². The van der Waals surface area contributed by atoms with Gasteiger partial charge in [-0.2, -0.15) is 4.31 Å². The molecule has 9 heteroatoms. The van der Waals surface area contributed by atoms with Crippen molar-refractivity contribution in [2.24, 2.45) is 0 Å². The van der Waals surface area contributed by atoms with E-state index in [1.54, 1.807) is 12.1 Å². The molecule has 0 saturated carbocycles. The van der Waals surface area contributed by atoms with Crippen LogP contribution in [0.15, 0.2) is 76.2 Å². The Labute approximate surface area is 173 Å². The number of carbonyl (C=O) groups excluding carboxylic acids is 1. The predicted molar refractivity (Wildman–Crippen MR) is 106 cm³/mol. The summed E-state index contributed by atoms with van der Waals surface area (Å²) in [4.78, 5) is 12.4. The second kappa shape index (κ2) is 9.21. The lowest BCUT2D eigenvalue weighted by atomic mass is 10.2. The number of nitrogens with zero attached hydrogens (tertiary/aromatic N) is 1. The average molecular weight is 437 g/mol. The van der Waals surface area contributed by atoms with Crippen molar-refractivity contribution in [1.82, 2.24) is 9.62 Å². The summed E-state index contributed by atoms with van der Waals surface area (Å²) in [6.45, 7) is -0.375. The molecule has 0 spiro atoms. The van der Waals surface area contributed by atoms with Gasteiger partial charge in [0.15, 0.2) is 0 Å². The van der Waals surface area contributed by atoms with E-state index in [2.05, 4.69) is 5.32 Å². The van der Waals surface area contributed by atoms with Crippen molar-refractivity contribution in [3.8, 4) is 0 Å². The van der Waals surface area contributed by atoms with Crippen molar-refractivity contribution in [1.29, 1.82) is 0 Å². The first-order valence-electron chi connectivity index (χ1n) is 8.64. The van der Waals surface area contributed by atoms with Gasteiger partial charge < -0.3 is 9.73 Å². The van der Waals surface area contributed by atoms with Crippen LogP contribution in [0.3, 0.4) is 0 Å². The van der Waals surface area contributed by atoms with E-state index in [9.17, 15) is 17.6 Å². The van der Waals surface area contributed by atoms with Crippen molar-refractivity contribution >= 4 is 27.5 Å². The highest BCUT2D eigenvalue weighted by Gasteiger charge is 2.27. The topological polar surface area (TPSA) is 79.6 Å². The van der Waals surface area contributed by atoms with Crippen molar-refractivity contribution < 1.29 is 22.0 Å². The van der Waals surface area contributed by atoms with Gasteiger partial charge in [-0.1, -0.05) is 23.7 Å². The molecule has 0 bridgehead atoms. The van der Waals surface area contributed by atoms with Gasteiger partial charge in [-0.3, -0.25) is 4.79 Å². The summed E-state index contributed by atoms with van der Waals surface area (Å²) >= 11 is 5.84. The van der Waals surface area contributed by atoms with Gasteiger partial charge in [0, 0.05) is 11.6 Å². The van der Waals surface area contributed by atoms with Crippen molar-refractivity contribution in [3.63, 3.8) is 0 Å². The highest BCUT2D eigenvalue weighted by Crippen LogP contribution is 2.20. The molecule has 1 amide bonds. The maximum absolute atomic E-state index is 13.2. The number of hydrogen-bond acceptors (Lipinski definition) is 4. The average Bonchev–Trinajstić information content (AvgIpc) is 3.21. The zero-order valence-electron chi connectivity index (χ0n) is 15.2. The predicted octanol–water partition coefficient (Wildman–Crippen LogP) is 3.58. The van der Waals surface area contributed by atoms with E-state index < -0.39 is 28.3 Å². The molecule has 6 nitrogen and oxygen atoms in total. The number of furan rings is 1. The van der Waals surface area contributed by atoms with Gasteiger partial charge >= 0.3 is 0 Å². The zero-order valence-corrected chi connectivity index (χ0v) is 16.8. The first-order chi connectivity index (χ1) is 13.8. The van der Waals surface area contributed by atoms with Gasteiger partial charge in [0.1, 0.15) is 11.6 Å². The largest absolute Gasteiger partial charge is 0.467 e. The Hall–Kier alpha value is -2.68. The van der Waals surface area contributed by atoms with Crippen LogP contribution in [0.4, 0.5) is 4.39 Å². The number of benzene rings is 2. The third-order valence-electron chi connectivity index (χ3n) is 4.08. The quantitative estimate of drug-likeness (QED) is 0.585. The molecule has 3 aromatic rings. The van der Waals surface area contributed by atoms with Crippen molar-refractivity contribution in [2.75, 3.05) is 6.54 Å². The fourth-order valence-electron chi connectivity index (χ4n) is 2.59. The van der Waals surface area contributed by atoms with Crippen molar-refractivity contribution in [3.05, 3.63) is 89.1 Å². The molecule has 0 radical (unpaired) electrons. The van der Waals surface area contributed by atoms with Gasteiger partial charge in [0.05, 0.1) is 24.2 Å². The maximum atomic E-state index is 13.2. The third kappa shape index (κ3) is 5.66. The van der Waals surface area contributed by atoms with E-state index in [0.717, 1.165) is 4.31 Å². The van der Waals surface area contributed by atoms with Crippen LogP contribution in [0.2, 0.25) is 5.02 Å². The molecule has 0 unspecified atom stereocenters. The van der Waals surface area contributed by atoms with Crippen LogP contribution in [0.1, 0.15) is 11.3 Å². The summed E-state index contributed by atoms with van der Waals surface area (Å²) in [7, 11) is -4.00. The minimum atomic E-state index is -4.00.